The number of nitrogens with zero attached hydrogens (tertiary/aromatic N) is 1. The minimum absolute atomic E-state index is 0.375. The predicted octanol–water partition coefficient (Wildman–Crippen LogP) is 1.16. The van der Waals surface area contributed by atoms with E-state index in [0.29, 0.717) is 29.6 Å². The normalized spacial score (nSPS) is 33.7. The Bertz CT molecular complexity index is 347. The van der Waals surface area contributed by atoms with E-state index in [1.807, 2.05) is 0 Å². The van der Waals surface area contributed by atoms with Gasteiger partial charge < -0.3 is 5.73 Å². The maximum absolute atomic E-state index is 11.5. The van der Waals surface area contributed by atoms with Crippen molar-refractivity contribution in [2.75, 3.05) is 18.1 Å². The van der Waals surface area contributed by atoms with Crippen LogP contribution in [-0.4, -0.2) is 49.5 Å². The van der Waals surface area contributed by atoms with Crippen LogP contribution in [0.4, 0.5) is 0 Å². The first kappa shape index (κ1) is 14.3. The fourth-order valence-electron chi connectivity index (χ4n) is 3.46. The Kier molecular flexibility index (Phi) is 4.67. The van der Waals surface area contributed by atoms with E-state index in [0.717, 1.165) is 32.2 Å². The van der Waals surface area contributed by atoms with Gasteiger partial charge in [-0.15, -0.1) is 0 Å². The zero-order valence-corrected chi connectivity index (χ0v) is 12.2. The zero-order valence-electron chi connectivity index (χ0n) is 11.3. The Morgan fingerprint density at radius 1 is 1.00 bits per heavy atom. The minimum atomic E-state index is -2.74. The lowest BCUT2D eigenvalue weighted by atomic mass is 9.89. The van der Waals surface area contributed by atoms with E-state index >= 15 is 0 Å². The monoisotopic (exact) mass is 274 g/mol. The van der Waals surface area contributed by atoms with Crippen LogP contribution in [0.5, 0.6) is 0 Å². The molecule has 0 aromatic carbocycles. The molecule has 4 nitrogen and oxygen atoms in total. The molecule has 18 heavy (non-hydrogen) atoms. The average Bonchev–Trinajstić information content (AvgIpc) is 2.34. The fraction of sp³-hybridized carbons (Fsp3) is 1.00. The molecule has 0 aromatic rings. The molecule has 0 spiro atoms. The highest BCUT2D eigenvalue weighted by Gasteiger charge is 2.32. The summed E-state index contributed by atoms with van der Waals surface area (Å²) in [4.78, 5) is 2.54. The summed E-state index contributed by atoms with van der Waals surface area (Å²) >= 11 is 0. The van der Waals surface area contributed by atoms with Crippen LogP contribution in [0.1, 0.15) is 45.4 Å². The van der Waals surface area contributed by atoms with Crippen molar-refractivity contribution in [1.82, 2.24) is 4.90 Å². The number of rotatable bonds is 3. The first-order valence-electron chi connectivity index (χ1n) is 7.23. The molecular formula is C13H26N2O2S. The lowest BCUT2D eigenvalue weighted by molar-refractivity contribution is 0.0992. The Balaban J connectivity index is 1.93. The molecule has 1 aliphatic heterocycles. The van der Waals surface area contributed by atoms with Gasteiger partial charge in [0, 0.05) is 18.1 Å². The third-order valence-corrected chi connectivity index (χ3v) is 6.28. The molecule has 1 heterocycles. The molecule has 1 saturated heterocycles. The molecule has 5 heteroatoms. The summed E-state index contributed by atoms with van der Waals surface area (Å²) in [5, 5.41) is 0. The Morgan fingerprint density at radius 3 is 2.00 bits per heavy atom. The summed E-state index contributed by atoms with van der Waals surface area (Å²) in [5.41, 5.74) is 5.95. The van der Waals surface area contributed by atoms with Crippen LogP contribution < -0.4 is 5.73 Å². The molecule has 2 fully saturated rings. The van der Waals surface area contributed by atoms with Crippen LogP contribution in [0, 0.1) is 0 Å². The molecule has 1 aliphatic carbocycles. The molecule has 0 atom stereocenters. The molecule has 0 aromatic heterocycles. The highest BCUT2D eigenvalue weighted by molar-refractivity contribution is 7.91. The zero-order chi connectivity index (χ0) is 13.2. The lowest BCUT2D eigenvalue weighted by Gasteiger charge is -2.41. The first-order chi connectivity index (χ1) is 8.52. The summed E-state index contributed by atoms with van der Waals surface area (Å²) in [6.07, 6.45) is 6.23. The minimum Gasteiger partial charge on any atom is -0.328 e. The van der Waals surface area contributed by atoms with E-state index in [2.05, 4.69) is 11.8 Å². The van der Waals surface area contributed by atoms with Crippen molar-refractivity contribution >= 4 is 9.84 Å². The van der Waals surface area contributed by atoms with Gasteiger partial charge in [-0.1, -0.05) is 6.92 Å². The Labute approximate surface area is 111 Å². The largest absolute Gasteiger partial charge is 0.328 e. The van der Waals surface area contributed by atoms with Gasteiger partial charge in [-0.3, -0.25) is 4.90 Å². The number of hydrogen-bond donors (Lipinski definition) is 1. The summed E-state index contributed by atoms with van der Waals surface area (Å²) < 4.78 is 23.0. The van der Waals surface area contributed by atoms with Crippen LogP contribution in [0.3, 0.4) is 0 Å². The molecule has 0 unspecified atom stereocenters. The van der Waals surface area contributed by atoms with Gasteiger partial charge in [-0.05, 0) is 45.1 Å². The first-order valence-corrected chi connectivity index (χ1v) is 9.05. The molecular weight excluding hydrogens is 248 g/mol. The van der Waals surface area contributed by atoms with Crippen molar-refractivity contribution < 1.29 is 8.42 Å². The van der Waals surface area contributed by atoms with Gasteiger partial charge in [0.05, 0.1) is 11.5 Å². The topological polar surface area (TPSA) is 63.4 Å². The van der Waals surface area contributed by atoms with Gasteiger partial charge in [0.15, 0.2) is 0 Å². The van der Waals surface area contributed by atoms with E-state index < -0.39 is 9.84 Å². The average molecular weight is 274 g/mol. The summed E-state index contributed by atoms with van der Waals surface area (Å²) in [6.45, 7) is 3.22. The summed E-state index contributed by atoms with van der Waals surface area (Å²) in [6, 6.07) is 1.48. The van der Waals surface area contributed by atoms with E-state index in [4.69, 9.17) is 5.73 Å². The van der Waals surface area contributed by atoms with Crippen LogP contribution in [0.25, 0.3) is 0 Å². The van der Waals surface area contributed by atoms with E-state index in [9.17, 15) is 8.42 Å². The molecule has 1 saturated carbocycles. The molecule has 0 amide bonds. The standard InChI is InChI=1S/C13H26N2O2S/c1-2-15(12-5-3-11(14)4-6-12)13-7-9-18(16,17)10-8-13/h11-13H,2-10,14H2,1H3. The molecule has 2 N–H and O–H groups in total. The van der Waals surface area contributed by atoms with Gasteiger partial charge in [-0.25, -0.2) is 8.42 Å². The quantitative estimate of drug-likeness (QED) is 0.838. The molecule has 0 radical (unpaired) electrons. The van der Waals surface area contributed by atoms with Crippen molar-refractivity contribution in [1.29, 1.82) is 0 Å². The number of hydrogen-bond acceptors (Lipinski definition) is 4. The van der Waals surface area contributed by atoms with Crippen LogP contribution in [-0.2, 0) is 9.84 Å². The Morgan fingerprint density at radius 2 is 1.50 bits per heavy atom. The van der Waals surface area contributed by atoms with Gasteiger partial charge in [-0.2, -0.15) is 0 Å². The van der Waals surface area contributed by atoms with Crippen molar-refractivity contribution in [3.05, 3.63) is 0 Å². The second kappa shape index (κ2) is 5.88. The second-order valence-corrected chi connectivity index (χ2v) is 8.09. The van der Waals surface area contributed by atoms with Crippen molar-refractivity contribution in [3.63, 3.8) is 0 Å². The maximum atomic E-state index is 11.5. The smallest absolute Gasteiger partial charge is 0.150 e. The fourth-order valence-corrected chi connectivity index (χ4v) is 4.92. The van der Waals surface area contributed by atoms with E-state index in [1.165, 1.54) is 12.8 Å². The van der Waals surface area contributed by atoms with Gasteiger partial charge in [0.1, 0.15) is 9.84 Å². The number of nitrogens with two attached hydrogens (primary N) is 1. The number of sulfone groups is 1. The maximum Gasteiger partial charge on any atom is 0.150 e. The molecule has 2 aliphatic rings. The highest BCUT2D eigenvalue weighted by Crippen LogP contribution is 2.27. The third kappa shape index (κ3) is 3.45. The Hall–Kier alpha value is -0.130. The second-order valence-electron chi connectivity index (χ2n) is 5.78. The van der Waals surface area contributed by atoms with E-state index in [1.54, 1.807) is 0 Å². The van der Waals surface area contributed by atoms with Crippen LogP contribution in [0.2, 0.25) is 0 Å². The molecule has 2 rings (SSSR count). The van der Waals surface area contributed by atoms with Gasteiger partial charge in [0.25, 0.3) is 0 Å². The molecule has 0 bridgehead atoms. The summed E-state index contributed by atoms with van der Waals surface area (Å²) in [5.74, 6) is 0.751. The lowest BCUT2D eigenvalue weighted by Crippen LogP contribution is -2.49. The van der Waals surface area contributed by atoms with Crippen molar-refractivity contribution in [3.8, 4) is 0 Å². The highest BCUT2D eigenvalue weighted by atomic mass is 32.2. The van der Waals surface area contributed by atoms with Crippen LogP contribution >= 0.6 is 0 Å². The predicted molar refractivity (Wildman–Crippen MR) is 74.3 cm³/mol. The summed E-state index contributed by atoms with van der Waals surface area (Å²) in [7, 11) is -2.74. The van der Waals surface area contributed by atoms with Gasteiger partial charge >= 0.3 is 0 Å². The third-order valence-electron chi connectivity index (χ3n) is 4.57. The SMILES string of the molecule is CCN(C1CCC(N)CC1)C1CCS(=O)(=O)CC1. The van der Waals surface area contributed by atoms with Crippen molar-refractivity contribution in [2.24, 2.45) is 5.73 Å². The van der Waals surface area contributed by atoms with Crippen LogP contribution in [0.15, 0.2) is 0 Å². The van der Waals surface area contributed by atoms with Gasteiger partial charge in [0.2, 0.25) is 0 Å². The van der Waals surface area contributed by atoms with Crippen molar-refractivity contribution in [2.45, 2.75) is 63.6 Å². The molecule has 106 valence electrons. The van der Waals surface area contributed by atoms with E-state index in [-0.39, 0.29) is 0 Å².